The molecule has 0 aromatic carbocycles. The maximum absolute atomic E-state index is 12.4. The van der Waals surface area contributed by atoms with Crippen molar-refractivity contribution < 1.29 is 8.42 Å². The van der Waals surface area contributed by atoms with E-state index in [4.69, 9.17) is 0 Å². The molecular formula is C12H20N4O2S2. The van der Waals surface area contributed by atoms with Gasteiger partial charge in [0.1, 0.15) is 0 Å². The van der Waals surface area contributed by atoms with Crippen molar-refractivity contribution >= 4 is 32.1 Å². The Morgan fingerprint density at radius 2 is 2.20 bits per heavy atom. The van der Waals surface area contributed by atoms with Crippen LogP contribution in [0.5, 0.6) is 0 Å². The second-order valence-electron chi connectivity index (χ2n) is 5.00. The van der Waals surface area contributed by atoms with Crippen LogP contribution in [-0.2, 0) is 10.0 Å². The van der Waals surface area contributed by atoms with Crippen LogP contribution in [-0.4, -0.2) is 31.4 Å². The van der Waals surface area contributed by atoms with E-state index in [-0.39, 0.29) is 5.03 Å². The first-order valence-corrected chi connectivity index (χ1v) is 8.95. The Hall–Kier alpha value is -1.12. The molecule has 0 unspecified atom stereocenters. The standard InChI is InChI=1S/C12H20N4O2S2/c1-9(2)5-4-6-14-20(17,18)11-10(13-3)15-12-16(11)7-8-19-12/h7-9,13-14H,4-6H2,1-3H3. The minimum atomic E-state index is -3.56. The van der Waals surface area contributed by atoms with Gasteiger partial charge in [0.2, 0.25) is 0 Å². The van der Waals surface area contributed by atoms with Crippen LogP contribution < -0.4 is 10.0 Å². The number of sulfonamides is 1. The summed E-state index contributed by atoms with van der Waals surface area (Å²) in [6, 6.07) is 0. The van der Waals surface area contributed by atoms with Gasteiger partial charge in [-0.1, -0.05) is 13.8 Å². The third-order valence-electron chi connectivity index (χ3n) is 2.96. The fourth-order valence-corrected chi connectivity index (χ4v) is 4.10. The van der Waals surface area contributed by atoms with Gasteiger partial charge in [0, 0.05) is 25.2 Å². The van der Waals surface area contributed by atoms with E-state index in [1.54, 1.807) is 17.6 Å². The zero-order valence-electron chi connectivity index (χ0n) is 11.9. The van der Waals surface area contributed by atoms with E-state index in [1.165, 1.54) is 11.3 Å². The van der Waals surface area contributed by atoms with Crippen LogP contribution in [0.1, 0.15) is 26.7 Å². The molecule has 0 saturated carbocycles. The van der Waals surface area contributed by atoms with Crippen molar-refractivity contribution in [1.29, 1.82) is 0 Å². The van der Waals surface area contributed by atoms with Gasteiger partial charge in [-0.15, -0.1) is 11.3 Å². The second-order valence-corrected chi connectivity index (χ2v) is 7.56. The Morgan fingerprint density at radius 3 is 2.85 bits per heavy atom. The monoisotopic (exact) mass is 316 g/mol. The molecule has 8 heteroatoms. The molecular weight excluding hydrogens is 296 g/mol. The summed E-state index contributed by atoms with van der Waals surface area (Å²) in [5.41, 5.74) is 0. The molecule has 0 spiro atoms. The van der Waals surface area contributed by atoms with Crippen molar-refractivity contribution in [3.05, 3.63) is 11.6 Å². The second kappa shape index (κ2) is 6.11. The first-order valence-electron chi connectivity index (χ1n) is 6.58. The summed E-state index contributed by atoms with van der Waals surface area (Å²) in [4.78, 5) is 4.93. The average Bonchev–Trinajstić information content (AvgIpc) is 2.93. The Kier molecular flexibility index (Phi) is 4.66. The summed E-state index contributed by atoms with van der Waals surface area (Å²) in [7, 11) is -1.89. The summed E-state index contributed by atoms with van der Waals surface area (Å²) >= 11 is 1.41. The van der Waals surface area contributed by atoms with Gasteiger partial charge in [0.15, 0.2) is 15.8 Å². The number of nitrogens with one attached hydrogen (secondary N) is 2. The molecule has 0 fully saturated rings. The molecule has 2 heterocycles. The molecule has 0 bridgehead atoms. The van der Waals surface area contributed by atoms with E-state index in [9.17, 15) is 8.42 Å². The van der Waals surface area contributed by atoms with Gasteiger partial charge in [-0.3, -0.25) is 4.40 Å². The van der Waals surface area contributed by atoms with E-state index in [2.05, 4.69) is 28.9 Å². The van der Waals surface area contributed by atoms with Gasteiger partial charge in [-0.2, -0.15) is 0 Å². The molecule has 2 aromatic heterocycles. The van der Waals surface area contributed by atoms with Crippen LogP contribution in [0, 0.1) is 5.92 Å². The van der Waals surface area contributed by atoms with E-state index in [0.29, 0.717) is 23.2 Å². The Morgan fingerprint density at radius 1 is 1.45 bits per heavy atom. The van der Waals surface area contributed by atoms with Crippen molar-refractivity contribution in [2.75, 3.05) is 18.9 Å². The van der Waals surface area contributed by atoms with Crippen LogP contribution in [0.15, 0.2) is 16.6 Å². The smallest absolute Gasteiger partial charge is 0.260 e. The van der Waals surface area contributed by atoms with E-state index in [1.807, 2.05) is 5.38 Å². The fraction of sp³-hybridized carbons (Fsp3) is 0.583. The Labute approximate surface area is 123 Å². The fourth-order valence-electron chi connectivity index (χ4n) is 1.97. The predicted octanol–water partition coefficient (Wildman–Crippen LogP) is 2.15. The van der Waals surface area contributed by atoms with Gasteiger partial charge in [0.25, 0.3) is 10.0 Å². The van der Waals surface area contributed by atoms with Crippen LogP contribution in [0.3, 0.4) is 0 Å². The normalized spacial score (nSPS) is 12.4. The van der Waals surface area contributed by atoms with Crippen molar-refractivity contribution in [3.8, 4) is 0 Å². The number of nitrogens with zero attached hydrogens (tertiary/aromatic N) is 2. The van der Waals surface area contributed by atoms with E-state index in [0.717, 1.165) is 12.8 Å². The van der Waals surface area contributed by atoms with Gasteiger partial charge in [0.05, 0.1) is 0 Å². The highest BCUT2D eigenvalue weighted by Gasteiger charge is 2.24. The lowest BCUT2D eigenvalue weighted by Crippen LogP contribution is -2.26. The van der Waals surface area contributed by atoms with Crippen LogP contribution >= 0.6 is 11.3 Å². The van der Waals surface area contributed by atoms with Crippen LogP contribution in [0.2, 0.25) is 0 Å². The molecule has 0 atom stereocenters. The molecule has 0 radical (unpaired) electrons. The maximum atomic E-state index is 12.4. The first kappa shape index (κ1) is 15.3. The lowest BCUT2D eigenvalue weighted by Gasteiger charge is -2.08. The molecule has 6 nitrogen and oxygen atoms in total. The number of imidazole rings is 1. The lowest BCUT2D eigenvalue weighted by atomic mass is 10.1. The van der Waals surface area contributed by atoms with E-state index >= 15 is 0 Å². The first-order chi connectivity index (χ1) is 9.45. The largest absolute Gasteiger partial charge is 0.371 e. The topological polar surface area (TPSA) is 75.5 Å². The van der Waals surface area contributed by atoms with E-state index < -0.39 is 10.0 Å². The number of aromatic nitrogens is 2. The molecule has 0 amide bonds. The zero-order chi connectivity index (χ0) is 14.8. The summed E-state index contributed by atoms with van der Waals surface area (Å²) in [5, 5.41) is 4.84. The Balaban J connectivity index is 2.20. The van der Waals surface area contributed by atoms with Crippen molar-refractivity contribution in [2.24, 2.45) is 5.92 Å². The molecule has 2 rings (SSSR count). The maximum Gasteiger partial charge on any atom is 0.260 e. The third-order valence-corrected chi connectivity index (χ3v) is 5.20. The van der Waals surface area contributed by atoms with Crippen molar-refractivity contribution in [1.82, 2.24) is 14.1 Å². The molecule has 2 aromatic rings. The lowest BCUT2D eigenvalue weighted by molar-refractivity contribution is 0.538. The minimum absolute atomic E-state index is 0.181. The molecule has 112 valence electrons. The molecule has 0 saturated heterocycles. The van der Waals surface area contributed by atoms with Gasteiger partial charge in [-0.05, 0) is 18.8 Å². The minimum Gasteiger partial charge on any atom is -0.371 e. The van der Waals surface area contributed by atoms with Crippen molar-refractivity contribution in [3.63, 3.8) is 0 Å². The third kappa shape index (κ3) is 3.13. The number of anilines is 1. The highest BCUT2D eigenvalue weighted by Crippen LogP contribution is 2.25. The highest BCUT2D eigenvalue weighted by molar-refractivity contribution is 7.89. The number of thiazole rings is 1. The molecule has 0 aliphatic rings. The van der Waals surface area contributed by atoms with Gasteiger partial charge in [-0.25, -0.2) is 18.1 Å². The quantitative estimate of drug-likeness (QED) is 0.768. The molecule has 0 aliphatic heterocycles. The van der Waals surface area contributed by atoms with Crippen molar-refractivity contribution in [2.45, 2.75) is 31.7 Å². The Bertz CT molecular complexity index is 673. The van der Waals surface area contributed by atoms with Gasteiger partial charge < -0.3 is 5.32 Å². The summed E-state index contributed by atoms with van der Waals surface area (Å²) < 4.78 is 29.1. The number of hydrogen-bond donors (Lipinski definition) is 2. The summed E-state index contributed by atoms with van der Waals surface area (Å²) in [5.74, 6) is 0.958. The number of fused-ring (bicyclic) bond motifs is 1. The van der Waals surface area contributed by atoms with Crippen LogP contribution in [0.4, 0.5) is 5.82 Å². The predicted molar refractivity (Wildman–Crippen MR) is 81.9 cm³/mol. The number of rotatable bonds is 7. The summed E-state index contributed by atoms with van der Waals surface area (Å²) in [6.07, 6.45) is 3.55. The van der Waals surface area contributed by atoms with Crippen LogP contribution in [0.25, 0.3) is 4.96 Å². The molecule has 2 N–H and O–H groups in total. The summed E-state index contributed by atoms with van der Waals surface area (Å²) in [6.45, 7) is 4.69. The average molecular weight is 316 g/mol. The van der Waals surface area contributed by atoms with Gasteiger partial charge >= 0.3 is 0 Å². The molecule has 20 heavy (non-hydrogen) atoms. The zero-order valence-corrected chi connectivity index (χ0v) is 13.5. The SMILES string of the molecule is CNc1nc2sccn2c1S(=O)(=O)NCCCC(C)C. The molecule has 0 aliphatic carbocycles. The highest BCUT2D eigenvalue weighted by atomic mass is 32.2. The number of hydrogen-bond acceptors (Lipinski definition) is 5.